The Morgan fingerprint density at radius 3 is 2.95 bits per heavy atom. The molecule has 1 aromatic rings. The lowest BCUT2D eigenvalue weighted by Gasteiger charge is -2.29. The number of aryl methyl sites for hydroxylation is 1. The molecule has 1 aromatic carbocycles. The molecule has 4 nitrogen and oxygen atoms in total. The van der Waals surface area contributed by atoms with Crippen LogP contribution in [0.2, 0.25) is 0 Å². The van der Waals surface area contributed by atoms with Crippen LogP contribution in [-0.2, 0) is 11.2 Å². The molecule has 0 aliphatic heterocycles. The lowest BCUT2D eigenvalue weighted by atomic mass is 10.1. The average Bonchev–Trinajstić information content (AvgIpc) is 2.92. The van der Waals surface area contributed by atoms with E-state index < -0.39 is 0 Å². The van der Waals surface area contributed by atoms with Crippen molar-refractivity contribution in [1.82, 2.24) is 10.2 Å². The maximum absolute atomic E-state index is 11.7. The molecule has 1 aliphatic rings. The second kappa shape index (κ2) is 8.15. The molecule has 0 spiro atoms. The number of nitrogens with one attached hydrogen (secondary N) is 1. The maximum atomic E-state index is 11.7. The second-order valence-corrected chi connectivity index (χ2v) is 5.57. The molecule has 1 aliphatic carbocycles. The van der Waals surface area contributed by atoms with Gasteiger partial charge in [0.15, 0.2) is 0 Å². The molecule has 0 aromatic heterocycles. The zero-order valence-corrected chi connectivity index (χ0v) is 12.8. The van der Waals surface area contributed by atoms with Crippen molar-refractivity contribution in [2.45, 2.75) is 38.6 Å². The number of hydrogen-bond acceptors (Lipinski definition) is 3. The van der Waals surface area contributed by atoms with Gasteiger partial charge in [-0.3, -0.25) is 9.69 Å². The fraction of sp³-hybridized carbons (Fsp3) is 0.588. The molecule has 2 N–H and O–H groups in total. The van der Waals surface area contributed by atoms with Crippen molar-refractivity contribution in [1.29, 1.82) is 0 Å². The van der Waals surface area contributed by atoms with Crippen LogP contribution in [0.5, 0.6) is 0 Å². The third-order valence-electron chi connectivity index (χ3n) is 4.15. The highest BCUT2D eigenvalue weighted by Gasteiger charge is 2.27. The minimum Gasteiger partial charge on any atom is -0.396 e. The molecule has 1 unspecified atom stereocenters. The normalized spacial score (nSPS) is 17.0. The van der Waals surface area contributed by atoms with Crippen LogP contribution in [0.15, 0.2) is 24.3 Å². The number of amides is 1. The van der Waals surface area contributed by atoms with E-state index in [2.05, 4.69) is 34.5 Å². The van der Waals surface area contributed by atoms with E-state index >= 15 is 0 Å². The lowest BCUT2D eigenvalue weighted by molar-refractivity contribution is -0.121. The molecule has 0 bridgehead atoms. The van der Waals surface area contributed by atoms with Crippen molar-refractivity contribution in [3.63, 3.8) is 0 Å². The standard InChI is InChI=1S/C17H26N2O2/c1-2-18-17(21)10-12-19(11-5-13-20)16-9-8-14-6-3-4-7-15(14)16/h3-4,6-7,16,20H,2,5,8-13H2,1H3,(H,18,21). The number of carbonyl (C=O) groups excluding carboxylic acids is 1. The second-order valence-electron chi connectivity index (χ2n) is 5.57. The fourth-order valence-electron chi connectivity index (χ4n) is 3.14. The highest BCUT2D eigenvalue weighted by atomic mass is 16.3. The molecule has 0 saturated carbocycles. The summed E-state index contributed by atoms with van der Waals surface area (Å²) in [5.74, 6) is 0.109. The molecule has 1 amide bonds. The Balaban J connectivity index is 2.01. The fourth-order valence-corrected chi connectivity index (χ4v) is 3.14. The van der Waals surface area contributed by atoms with Crippen molar-refractivity contribution in [3.8, 4) is 0 Å². The summed E-state index contributed by atoms with van der Waals surface area (Å²) in [4.78, 5) is 14.1. The molecule has 0 fully saturated rings. The summed E-state index contributed by atoms with van der Waals surface area (Å²) in [6.45, 7) is 4.42. The Kier molecular flexibility index (Phi) is 6.21. The van der Waals surface area contributed by atoms with Crippen LogP contribution in [0.25, 0.3) is 0 Å². The number of carbonyl (C=O) groups is 1. The summed E-state index contributed by atoms with van der Waals surface area (Å²) in [6.07, 6.45) is 3.50. The number of fused-ring (bicyclic) bond motifs is 1. The van der Waals surface area contributed by atoms with E-state index in [4.69, 9.17) is 5.11 Å². The molecule has 21 heavy (non-hydrogen) atoms. The zero-order chi connectivity index (χ0) is 15.1. The van der Waals surface area contributed by atoms with Gasteiger partial charge in [0, 0.05) is 38.7 Å². The van der Waals surface area contributed by atoms with E-state index in [0.717, 1.165) is 32.4 Å². The van der Waals surface area contributed by atoms with E-state index in [1.54, 1.807) is 0 Å². The predicted octanol–water partition coefficient (Wildman–Crippen LogP) is 1.88. The van der Waals surface area contributed by atoms with Crippen molar-refractivity contribution >= 4 is 5.91 Å². The molecular weight excluding hydrogens is 264 g/mol. The van der Waals surface area contributed by atoms with Crippen molar-refractivity contribution in [3.05, 3.63) is 35.4 Å². The largest absolute Gasteiger partial charge is 0.396 e. The van der Waals surface area contributed by atoms with Crippen LogP contribution in [-0.4, -0.2) is 42.2 Å². The molecule has 116 valence electrons. The molecule has 0 heterocycles. The Morgan fingerprint density at radius 2 is 2.19 bits per heavy atom. The first-order valence-corrected chi connectivity index (χ1v) is 7.95. The lowest BCUT2D eigenvalue weighted by Crippen LogP contribution is -2.34. The molecule has 4 heteroatoms. The minimum absolute atomic E-state index is 0.109. The number of hydrogen-bond donors (Lipinski definition) is 2. The van der Waals surface area contributed by atoms with Crippen LogP contribution in [0, 0.1) is 0 Å². The van der Waals surface area contributed by atoms with Crippen molar-refractivity contribution < 1.29 is 9.90 Å². The van der Waals surface area contributed by atoms with Gasteiger partial charge in [-0.25, -0.2) is 0 Å². The van der Waals surface area contributed by atoms with Crippen LogP contribution < -0.4 is 5.32 Å². The highest BCUT2D eigenvalue weighted by Crippen LogP contribution is 2.35. The predicted molar refractivity (Wildman–Crippen MR) is 84.1 cm³/mol. The molecule has 0 radical (unpaired) electrons. The summed E-state index contributed by atoms with van der Waals surface area (Å²) in [6, 6.07) is 8.97. The number of aliphatic hydroxyl groups is 1. The molecule has 1 atom stereocenters. The summed E-state index contributed by atoms with van der Waals surface area (Å²) in [5, 5.41) is 12.0. The molecule has 0 saturated heterocycles. The summed E-state index contributed by atoms with van der Waals surface area (Å²) < 4.78 is 0. The third kappa shape index (κ3) is 4.29. The first-order valence-electron chi connectivity index (χ1n) is 7.95. The minimum atomic E-state index is 0.109. The van der Waals surface area contributed by atoms with Gasteiger partial charge >= 0.3 is 0 Å². The Bertz CT molecular complexity index is 462. The van der Waals surface area contributed by atoms with E-state index in [1.807, 2.05) is 6.92 Å². The Labute approximate surface area is 127 Å². The van der Waals surface area contributed by atoms with Crippen molar-refractivity contribution in [2.24, 2.45) is 0 Å². The number of aliphatic hydroxyl groups excluding tert-OH is 1. The van der Waals surface area contributed by atoms with Crippen LogP contribution in [0.3, 0.4) is 0 Å². The monoisotopic (exact) mass is 290 g/mol. The zero-order valence-electron chi connectivity index (χ0n) is 12.8. The Morgan fingerprint density at radius 1 is 1.38 bits per heavy atom. The van der Waals surface area contributed by atoms with E-state index in [9.17, 15) is 4.79 Å². The van der Waals surface area contributed by atoms with Gasteiger partial charge in [-0.15, -0.1) is 0 Å². The quantitative estimate of drug-likeness (QED) is 0.768. The van der Waals surface area contributed by atoms with E-state index in [1.165, 1.54) is 11.1 Å². The van der Waals surface area contributed by atoms with Gasteiger partial charge in [-0.1, -0.05) is 24.3 Å². The van der Waals surface area contributed by atoms with E-state index in [-0.39, 0.29) is 12.5 Å². The molecule has 2 rings (SSSR count). The van der Waals surface area contributed by atoms with Crippen LogP contribution >= 0.6 is 0 Å². The molecular formula is C17H26N2O2. The SMILES string of the molecule is CCNC(=O)CCN(CCCO)C1CCc2ccccc21. The number of nitrogens with zero attached hydrogens (tertiary/aromatic N) is 1. The number of benzene rings is 1. The van der Waals surface area contributed by atoms with E-state index in [0.29, 0.717) is 19.0 Å². The van der Waals surface area contributed by atoms with Crippen molar-refractivity contribution in [2.75, 3.05) is 26.2 Å². The first-order chi connectivity index (χ1) is 10.3. The van der Waals surface area contributed by atoms with Gasteiger partial charge in [-0.2, -0.15) is 0 Å². The van der Waals surface area contributed by atoms with Gasteiger partial charge < -0.3 is 10.4 Å². The van der Waals surface area contributed by atoms with Gasteiger partial charge in [0.2, 0.25) is 5.91 Å². The van der Waals surface area contributed by atoms with Gasteiger partial charge in [0.1, 0.15) is 0 Å². The summed E-state index contributed by atoms with van der Waals surface area (Å²) in [7, 11) is 0. The summed E-state index contributed by atoms with van der Waals surface area (Å²) in [5.41, 5.74) is 2.82. The smallest absolute Gasteiger partial charge is 0.221 e. The Hall–Kier alpha value is -1.39. The topological polar surface area (TPSA) is 52.6 Å². The maximum Gasteiger partial charge on any atom is 0.221 e. The highest BCUT2D eigenvalue weighted by molar-refractivity contribution is 5.75. The van der Waals surface area contributed by atoms with Gasteiger partial charge in [0.25, 0.3) is 0 Å². The first kappa shape index (κ1) is 16.0. The van der Waals surface area contributed by atoms with Gasteiger partial charge in [0.05, 0.1) is 0 Å². The van der Waals surface area contributed by atoms with Crippen LogP contribution in [0.4, 0.5) is 0 Å². The van der Waals surface area contributed by atoms with Crippen LogP contribution in [0.1, 0.15) is 43.4 Å². The summed E-state index contributed by atoms with van der Waals surface area (Å²) >= 11 is 0. The third-order valence-corrected chi connectivity index (χ3v) is 4.15. The average molecular weight is 290 g/mol. The van der Waals surface area contributed by atoms with Gasteiger partial charge in [-0.05, 0) is 37.3 Å². The number of rotatable bonds is 8.